The number of hydrogen-bond acceptors (Lipinski definition) is 3. The number of nitro benzene ring substituents is 1. The highest BCUT2D eigenvalue weighted by Gasteiger charge is 2.19. The minimum Gasteiger partial charge on any atom is -0.454 e. The molecule has 0 bridgehead atoms. The van der Waals surface area contributed by atoms with Gasteiger partial charge in [-0.2, -0.15) is 4.39 Å². The molecule has 6 heteroatoms. The van der Waals surface area contributed by atoms with Gasteiger partial charge in [0.25, 0.3) is 0 Å². The largest absolute Gasteiger partial charge is 0.454 e. The van der Waals surface area contributed by atoms with E-state index in [9.17, 15) is 18.9 Å². The van der Waals surface area contributed by atoms with E-state index in [4.69, 9.17) is 4.74 Å². The van der Waals surface area contributed by atoms with Crippen LogP contribution in [0.5, 0.6) is 11.5 Å². The minimum atomic E-state index is -1.15. The highest BCUT2D eigenvalue weighted by Crippen LogP contribution is 2.29. The van der Waals surface area contributed by atoms with E-state index < -0.39 is 28.0 Å². The van der Waals surface area contributed by atoms with Gasteiger partial charge in [-0.15, -0.1) is 0 Å². The lowest BCUT2D eigenvalue weighted by atomic mass is 10.2. The summed E-state index contributed by atoms with van der Waals surface area (Å²) in [6, 6.07) is 9.31. The quantitative estimate of drug-likeness (QED) is 0.617. The molecule has 0 amide bonds. The van der Waals surface area contributed by atoms with Crippen LogP contribution >= 0.6 is 0 Å². The van der Waals surface area contributed by atoms with Crippen molar-refractivity contribution < 1.29 is 18.4 Å². The first kappa shape index (κ1) is 12.0. The maximum Gasteiger partial charge on any atom is 0.307 e. The molecule has 0 fully saturated rings. The van der Waals surface area contributed by atoms with Crippen molar-refractivity contribution in [1.82, 2.24) is 0 Å². The standard InChI is InChI=1S/C12H7F2NO3/c13-9-7-12(10(14)6-11(9)15(16)17)18-8-4-2-1-3-5-8/h1-7H. The molecule has 0 aliphatic rings. The van der Waals surface area contributed by atoms with Gasteiger partial charge < -0.3 is 4.74 Å². The lowest BCUT2D eigenvalue weighted by Gasteiger charge is -2.06. The van der Waals surface area contributed by atoms with Crippen LogP contribution < -0.4 is 4.74 Å². The van der Waals surface area contributed by atoms with Gasteiger partial charge in [0.05, 0.1) is 11.0 Å². The maximum atomic E-state index is 13.5. The molecule has 2 rings (SSSR count). The number of nitro groups is 1. The van der Waals surface area contributed by atoms with Crippen LogP contribution in [0.2, 0.25) is 0 Å². The van der Waals surface area contributed by atoms with Crippen LogP contribution in [0.25, 0.3) is 0 Å². The summed E-state index contributed by atoms with van der Waals surface area (Å²) in [5.74, 6) is -2.23. The average molecular weight is 251 g/mol. The molecule has 0 spiro atoms. The van der Waals surface area contributed by atoms with Crippen molar-refractivity contribution in [2.24, 2.45) is 0 Å². The van der Waals surface area contributed by atoms with E-state index in [-0.39, 0.29) is 0 Å². The highest BCUT2D eigenvalue weighted by molar-refractivity contribution is 5.41. The summed E-state index contributed by atoms with van der Waals surface area (Å²) < 4.78 is 31.9. The molecule has 2 aromatic carbocycles. The van der Waals surface area contributed by atoms with Gasteiger partial charge in [-0.3, -0.25) is 10.1 Å². The van der Waals surface area contributed by atoms with E-state index in [1.54, 1.807) is 30.3 Å². The molecule has 92 valence electrons. The second-order valence-corrected chi connectivity index (χ2v) is 3.41. The summed E-state index contributed by atoms with van der Waals surface area (Å²) in [6.07, 6.45) is 0. The van der Waals surface area contributed by atoms with Gasteiger partial charge in [-0.25, -0.2) is 4.39 Å². The second-order valence-electron chi connectivity index (χ2n) is 3.41. The molecule has 0 unspecified atom stereocenters. The van der Waals surface area contributed by atoms with Gasteiger partial charge >= 0.3 is 5.69 Å². The first-order chi connectivity index (χ1) is 8.58. The monoisotopic (exact) mass is 251 g/mol. The number of hydrogen-bond donors (Lipinski definition) is 0. The number of benzene rings is 2. The number of ether oxygens (including phenoxy) is 1. The molecule has 2 aromatic rings. The lowest BCUT2D eigenvalue weighted by molar-refractivity contribution is -0.387. The Bertz CT molecular complexity index is 587. The Balaban J connectivity index is 2.35. The molecular formula is C12H7F2NO3. The van der Waals surface area contributed by atoms with Crippen LogP contribution in [0.3, 0.4) is 0 Å². The molecular weight excluding hydrogens is 244 g/mol. The van der Waals surface area contributed by atoms with Crippen LogP contribution in [-0.4, -0.2) is 4.92 Å². The van der Waals surface area contributed by atoms with Gasteiger partial charge in [0, 0.05) is 6.07 Å². The number of nitrogens with zero attached hydrogens (tertiary/aromatic N) is 1. The Morgan fingerprint density at radius 3 is 2.33 bits per heavy atom. The molecule has 0 N–H and O–H groups in total. The first-order valence-corrected chi connectivity index (χ1v) is 4.94. The van der Waals surface area contributed by atoms with Crippen molar-refractivity contribution in [3.63, 3.8) is 0 Å². The van der Waals surface area contributed by atoms with E-state index in [1.807, 2.05) is 0 Å². The lowest BCUT2D eigenvalue weighted by Crippen LogP contribution is -1.96. The maximum absolute atomic E-state index is 13.5. The summed E-state index contributed by atoms with van der Waals surface area (Å²) >= 11 is 0. The summed E-state index contributed by atoms with van der Waals surface area (Å²) in [6.45, 7) is 0. The summed E-state index contributed by atoms with van der Waals surface area (Å²) in [5, 5.41) is 10.4. The zero-order chi connectivity index (χ0) is 13.1. The predicted molar refractivity (Wildman–Crippen MR) is 59.5 cm³/mol. The van der Waals surface area contributed by atoms with Gasteiger partial charge in [0.1, 0.15) is 5.75 Å². The Kier molecular flexibility index (Phi) is 3.18. The van der Waals surface area contributed by atoms with Crippen LogP contribution in [0.15, 0.2) is 42.5 Å². The predicted octanol–water partition coefficient (Wildman–Crippen LogP) is 3.67. The van der Waals surface area contributed by atoms with E-state index in [2.05, 4.69) is 0 Å². The summed E-state index contributed by atoms with van der Waals surface area (Å²) in [7, 11) is 0. The molecule has 0 aliphatic heterocycles. The fraction of sp³-hybridized carbons (Fsp3) is 0. The molecule has 0 atom stereocenters. The van der Waals surface area contributed by atoms with Crippen molar-refractivity contribution >= 4 is 5.69 Å². The first-order valence-electron chi connectivity index (χ1n) is 4.94. The molecule has 0 saturated carbocycles. The molecule has 18 heavy (non-hydrogen) atoms. The Labute approximate surface area is 101 Å². The molecule has 0 heterocycles. The zero-order valence-corrected chi connectivity index (χ0v) is 8.97. The fourth-order valence-electron chi connectivity index (χ4n) is 1.35. The Hall–Kier alpha value is -2.50. The second kappa shape index (κ2) is 4.79. The molecule has 0 aliphatic carbocycles. The summed E-state index contributed by atoms with van der Waals surface area (Å²) in [5.41, 5.74) is -0.923. The fourth-order valence-corrected chi connectivity index (χ4v) is 1.35. The zero-order valence-electron chi connectivity index (χ0n) is 8.97. The van der Waals surface area contributed by atoms with Crippen molar-refractivity contribution in [3.8, 4) is 11.5 Å². The van der Waals surface area contributed by atoms with Crippen molar-refractivity contribution in [2.45, 2.75) is 0 Å². The molecule has 0 radical (unpaired) electrons. The van der Waals surface area contributed by atoms with Crippen LogP contribution in [0.1, 0.15) is 0 Å². The van der Waals surface area contributed by atoms with Gasteiger partial charge in [0.15, 0.2) is 11.6 Å². The normalized spacial score (nSPS) is 10.1. The topological polar surface area (TPSA) is 52.4 Å². The van der Waals surface area contributed by atoms with Gasteiger partial charge in [0.2, 0.25) is 5.82 Å². The third-order valence-corrected chi connectivity index (χ3v) is 2.17. The Morgan fingerprint density at radius 1 is 1.06 bits per heavy atom. The molecule has 4 nitrogen and oxygen atoms in total. The molecule has 0 aromatic heterocycles. The summed E-state index contributed by atoms with van der Waals surface area (Å²) in [4.78, 5) is 9.41. The van der Waals surface area contributed by atoms with Gasteiger partial charge in [-0.05, 0) is 12.1 Å². The molecule has 0 saturated heterocycles. The highest BCUT2D eigenvalue weighted by atomic mass is 19.1. The average Bonchev–Trinajstić information content (AvgIpc) is 2.34. The van der Waals surface area contributed by atoms with E-state index >= 15 is 0 Å². The van der Waals surface area contributed by atoms with Gasteiger partial charge in [-0.1, -0.05) is 18.2 Å². The van der Waals surface area contributed by atoms with E-state index in [1.165, 1.54) is 0 Å². The third-order valence-electron chi connectivity index (χ3n) is 2.17. The van der Waals surface area contributed by atoms with E-state index in [0.717, 1.165) is 0 Å². The number of para-hydroxylation sites is 1. The smallest absolute Gasteiger partial charge is 0.307 e. The third kappa shape index (κ3) is 2.42. The van der Waals surface area contributed by atoms with Crippen molar-refractivity contribution in [3.05, 3.63) is 64.2 Å². The van der Waals surface area contributed by atoms with Crippen LogP contribution in [0.4, 0.5) is 14.5 Å². The van der Waals surface area contributed by atoms with Crippen molar-refractivity contribution in [2.75, 3.05) is 0 Å². The Morgan fingerprint density at radius 2 is 1.72 bits per heavy atom. The SMILES string of the molecule is O=[N+]([O-])c1cc(F)c(Oc2ccccc2)cc1F. The minimum absolute atomic E-state index is 0.310. The van der Waals surface area contributed by atoms with Crippen molar-refractivity contribution in [1.29, 1.82) is 0 Å². The van der Waals surface area contributed by atoms with Crippen LogP contribution in [-0.2, 0) is 0 Å². The van der Waals surface area contributed by atoms with E-state index in [0.29, 0.717) is 17.9 Å². The number of rotatable bonds is 3. The number of halogens is 2. The van der Waals surface area contributed by atoms with Crippen LogP contribution in [0, 0.1) is 21.7 Å².